The highest BCUT2D eigenvalue weighted by Crippen LogP contribution is 2.27. The van der Waals surface area contributed by atoms with Crippen LogP contribution in [0.2, 0.25) is 10.0 Å². The smallest absolute Gasteiger partial charge is 0.266 e. The van der Waals surface area contributed by atoms with Gasteiger partial charge in [-0.25, -0.2) is 4.98 Å². The van der Waals surface area contributed by atoms with Crippen LogP contribution in [0.3, 0.4) is 0 Å². The Hall–Kier alpha value is -2.80. The second-order valence-corrected chi connectivity index (χ2v) is 9.01. The largest absolute Gasteiger partial charge is 0.324 e. The molecule has 0 aliphatic carbocycles. The number of carbonyl (C=O) groups is 1. The Bertz CT molecular complexity index is 1400. The molecule has 1 heterocycles. The standard InChI is InChI=1S/C24H19Cl2N3O2S/c1-14-10-11-20(18(26)12-14)27-22(30)13-32-24-28-19-8-4-3-6-16(19)23(31)29(24)21-9-5-7-17(25)15(21)2/h3-12H,13H2,1-2H3,(H,27,30). The SMILES string of the molecule is Cc1ccc(NC(=O)CSc2nc3ccccc3c(=O)n2-c2cccc(Cl)c2C)c(Cl)c1. The van der Waals surface area contributed by atoms with Crippen molar-refractivity contribution in [2.24, 2.45) is 0 Å². The van der Waals surface area contributed by atoms with Gasteiger partial charge in [-0.1, -0.05) is 59.2 Å². The number of aryl methyl sites for hydroxylation is 1. The Morgan fingerprint density at radius 2 is 1.81 bits per heavy atom. The predicted octanol–water partition coefficient (Wildman–Crippen LogP) is 6.04. The van der Waals surface area contributed by atoms with Crippen LogP contribution in [0.4, 0.5) is 5.69 Å². The Balaban J connectivity index is 1.70. The maximum atomic E-state index is 13.4. The minimum absolute atomic E-state index is 0.0502. The van der Waals surface area contributed by atoms with Crippen molar-refractivity contribution in [3.63, 3.8) is 0 Å². The fourth-order valence-corrected chi connectivity index (χ4v) is 4.56. The normalized spacial score (nSPS) is 11.0. The van der Waals surface area contributed by atoms with E-state index in [0.29, 0.717) is 37.5 Å². The number of carbonyl (C=O) groups excluding carboxylic acids is 1. The molecule has 1 amide bonds. The van der Waals surface area contributed by atoms with E-state index < -0.39 is 0 Å². The summed E-state index contributed by atoms with van der Waals surface area (Å²) in [5.74, 6) is -0.202. The molecule has 8 heteroatoms. The number of nitrogens with one attached hydrogen (secondary N) is 1. The van der Waals surface area contributed by atoms with Gasteiger partial charge in [0, 0.05) is 5.02 Å². The summed E-state index contributed by atoms with van der Waals surface area (Å²) >= 11 is 13.7. The maximum absolute atomic E-state index is 13.4. The molecule has 5 nitrogen and oxygen atoms in total. The van der Waals surface area contributed by atoms with Gasteiger partial charge in [-0.3, -0.25) is 14.2 Å². The van der Waals surface area contributed by atoms with Crippen LogP contribution in [0.15, 0.2) is 70.6 Å². The Labute approximate surface area is 199 Å². The van der Waals surface area contributed by atoms with Gasteiger partial charge in [-0.05, 0) is 61.4 Å². The lowest BCUT2D eigenvalue weighted by molar-refractivity contribution is -0.113. The minimum atomic E-state index is -0.252. The molecular formula is C24H19Cl2N3O2S. The summed E-state index contributed by atoms with van der Waals surface area (Å²) in [5.41, 5.74) is 3.28. The van der Waals surface area contributed by atoms with E-state index in [9.17, 15) is 9.59 Å². The van der Waals surface area contributed by atoms with Crippen molar-refractivity contribution in [3.05, 3.63) is 92.2 Å². The number of benzene rings is 3. The first-order valence-corrected chi connectivity index (χ1v) is 11.6. The first-order valence-electron chi connectivity index (χ1n) is 9.81. The van der Waals surface area contributed by atoms with Crippen molar-refractivity contribution in [1.82, 2.24) is 9.55 Å². The Morgan fingerprint density at radius 1 is 1.03 bits per heavy atom. The molecule has 1 N–H and O–H groups in total. The molecule has 4 rings (SSSR count). The molecule has 0 aliphatic rings. The summed E-state index contributed by atoms with van der Waals surface area (Å²) in [6.07, 6.45) is 0. The van der Waals surface area contributed by atoms with Crippen molar-refractivity contribution in [2.75, 3.05) is 11.1 Å². The molecule has 0 aliphatic heterocycles. The topological polar surface area (TPSA) is 64.0 Å². The summed E-state index contributed by atoms with van der Waals surface area (Å²) in [4.78, 5) is 30.7. The third kappa shape index (κ3) is 4.53. The molecule has 3 aromatic carbocycles. The second-order valence-electron chi connectivity index (χ2n) is 7.26. The zero-order valence-electron chi connectivity index (χ0n) is 17.4. The Morgan fingerprint density at radius 3 is 2.59 bits per heavy atom. The zero-order valence-corrected chi connectivity index (χ0v) is 19.7. The number of halogens is 2. The predicted molar refractivity (Wildman–Crippen MR) is 133 cm³/mol. The number of anilines is 1. The fourth-order valence-electron chi connectivity index (χ4n) is 3.30. The number of thioether (sulfide) groups is 1. The molecule has 0 saturated carbocycles. The van der Waals surface area contributed by atoms with Gasteiger partial charge in [-0.2, -0.15) is 0 Å². The number of hydrogen-bond acceptors (Lipinski definition) is 4. The molecule has 0 atom stereocenters. The van der Waals surface area contributed by atoms with E-state index in [4.69, 9.17) is 23.2 Å². The summed E-state index contributed by atoms with van der Waals surface area (Å²) in [6, 6.07) is 17.9. The first kappa shape index (κ1) is 22.4. The lowest BCUT2D eigenvalue weighted by Crippen LogP contribution is -2.23. The van der Waals surface area contributed by atoms with Crippen molar-refractivity contribution >= 4 is 57.5 Å². The lowest BCUT2D eigenvalue weighted by atomic mass is 10.2. The number of aromatic nitrogens is 2. The van der Waals surface area contributed by atoms with E-state index in [1.54, 1.807) is 42.5 Å². The molecule has 0 spiro atoms. The van der Waals surface area contributed by atoms with Crippen LogP contribution >= 0.6 is 35.0 Å². The van der Waals surface area contributed by atoms with E-state index >= 15 is 0 Å². The van der Waals surface area contributed by atoms with E-state index in [-0.39, 0.29) is 17.2 Å². The van der Waals surface area contributed by atoms with Crippen LogP contribution < -0.4 is 10.9 Å². The van der Waals surface area contributed by atoms with Crippen LogP contribution in [-0.2, 0) is 4.79 Å². The molecule has 162 valence electrons. The van der Waals surface area contributed by atoms with Gasteiger partial charge in [0.15, 0.2) is 5.16 Å². The molecule has 0 fully saturated rings. The van der Waals surface area contributed by atoms with Gasteiger partial charge in [0.25, 0.3) is 5.56 Å². The van der Waals surface area contributed by atoms with Gasteiger partial charge < -0.3 is 5.32 Å². The van der Waals surface area contributed by atoms with E-state index in [0.717, 1.165) is 11.1 Å². The summed E-state index contributed by atoms with van der Waals surface area (Å²) in [6.45, 7) is 3.77. The molecule has 4 aromatic rings. The second kappa shape index (κ2) is 9.36. The van der Waals surface area contributed by atoms with Gasteiger partial charge in [0.05, 0.1) is 33.1 Å². The third-order valence-electron chi connectivity index (χ3n) is 4.96. The number of para-hydroxylation sites is 1. The monoisotopic (exact) mass is 483 g/mol. The Kier molecular flexibility index (Phi) is 6.55. The van der Waals surface area contributed by atoms with Gasteiger partial charge >= 0.3 is 0 Å². The highest BCUT2D eigenvalue weighted by atomic mass is 35.5. The maximum Gasteiger partial charge on any atom is 0.266 e. The average Bonchev–Trinajstić information content (AvgIpc) is 2.77. The average molecular weight is 484 g/mol. The molecule has 32 heavy (non-hydrogen) atoms. The molecule has 0 unspecified atom stereocenters. The summed E-state index contributed by atoms with van der Waals surface area (Å²) < 4.78 is 1.51. The number of amides is 1. The van der Waals surface area contributed by atoms with E-state index in [1.807, 2.05) is 32.0 Å². The summed E-state index contributed by atoms with van der Waals surface area (Å²) in [7, 11) is 0. The van der Waals surface area contributed by atoms with Gasteiger partial charge in [0.2, 0.25) is 5.91 Å². The minimum Gasteiger partial charge on any atom is -0.324 e. The van der Waals surface area contributed by atoms with Crippen molar-refractivity contribution in [1.29, 1.82) is 0 Å². The molecular weight excluding hydrogens is 465 g/mol. The molecule has 0 saturated heterocycles. The summed E-state index contributed by atoms with van der Waals surface area (Å²) in [5, 5.41) is 4.73. The number of fused-ring (bicyclic) bond motifs is 1. The molecule has 1 aromatic heterocycles. The highest BCUT2D eigenvalue weighted by molar-refractivity contribution is 7.99. The third-order valence-corrected chi connectivity index (χ3v) is 6.62. The van der Waals surface area contributed by atoms with Gasteiger partial charge in [0.1, 0.15) is 0 Å². The van der Waals surface area contributed by atoms with Crippen LogP contribution in [0.25, 0.3) is 16.6 Å². The number of rotatable bonds is 5. The number of nitrogens with zero attached hydrogens (tertiary/aromatic N) is 2. The van der Waals surface area contributed by atoms with Gasteiger partial charge in [-0.15, -0.1) is 0 Å². The van der Waals surface area contributed by atoms with Crippen LogP contribution in [-0.4, -0.2) is 21.2 Å². The van der Waals surface area contributed by atoms with Crippen LogP contribution in [0, 0.1) is 13.8 Å². The van der Waals surface area contributed by atoms with Crippen molar-refractivity contribution < 1.29 is 4.79 Å². The first-order chi connectivity index (χ1) is 15.3. The lowest BCUT2D eigenvalue weighted by Gasteiger charge is -2.16. The van der Waals surface area contributed by atoms with E-state index in [1.165, 1.54) is 16.3 Å². The van der Waals surface area contributed by atoms with Crippen LogP contribution in [0.1, 0.15) is 11.1 Å². The molecule has 0 bridgehead atoms. The quantitative estimate of drug-likeness (QED) is 0.277. The highest BCUT2D eigenvalue weighted by Gasteiger charge is 2.17. The van der Waals surface area contributed by atoms with Crippen LogP contribution in [0.5, 0.6) is 0 Å². The molecule has 0 radical (unpaired) electrons. The van der Waals surface area contributed by atoms with Crippen molar-refractivity contribution in [3.8, 4) is 5.69 Å². The van der Waals surface area contributed by atoms with Crippen molar-refractivity contribution in [2.45, 2.75) is 19.0 Å². The zero-order chi connectivity index (χ0) is 22.8. The fraction of sp³-hybridized carbons (Fsp3) is 0.125. The number of hydrogen-bond donors (Lipinski definition) is 1. The van der Waals surface area contributed by atoms with E-state index in [2.05, 4.69) is 10.3 Å².